The lowest BCUT2D eigenvalue weighted by molar-refractivity contribution is 0.357. The Balaban J connectivity index is 1.77. The number of nitrogens with one attached hydrogen (secondary N) is 1. The summed E-state index contributed by atoms with van der Waals surface area (Å²) >= 11 is 0. The number of aryl methyl sites for hydroxylation is 1. The van der Waals surface area contributed by atoms with E-state index in [1.54, 1.807) is 18.2 Å². The van der Waals surface area contributed by atoms with Crippen molar-refractivity contribution in [2.24, 2.45) is 5.92 Å². The van der Waals surface area contributed by atoms with E-state index in [4.69, 9.17) is 4.74 Å². The molecule has 1 aromatic carbocycles. The normalized spacial score (nSPS) is 20.2. The van der Waals surface area contributed by atoms with Crippen molar-refractivity contribution in [1.29, 1.82) is 5.26 Å². The summed E-state index contributed by atoms with van der Waals surface area (Å²) in [7, 11) is 0. The molecule has 1 aliphatic rings. The molecule has 0 radical (unpaired) electrons. The van der Waals surface area contributed by atoms with Crippen LogP contribution in [-0.2, 0) is 0 Å². The second kappa shape index (κ2) is 7.31. The lowest BCUT2D eigenvalue weighted by Crippen LogP contribution is -2.27. The van der Waals surface area contributed by atoms with E-state index in [1.165, 1.54) is 12.8 Å². The van der Waals surface area contributed by atoms with Gasteiger partial charge in [0.15, 0.2) is 0 Å². The van der Waals surface area contributed by atoms with Gasteiger partial charge in [-0.15, -0.1) is 0 Å². The van der Waals surface area contributed by atoms with E-state index in [0.29, 0.717) is 29.2 Å². The van der Waals surface area contributed by atoms with E-state index in [2.05, 4.69) is 28.3 Å². The molecule has 1 aromatic heterocycles. The molecule has 0 spiro atoms. The summed E-state index contributed by atoms with van der Waals surface area (Å²) < 4.78 is 5.82. The first-order valence-corrected chi connectivity index (χ1v) is 8.43. The maximum absolute atomic E-state index is 9.17. The second-order valence-corrected chi connectivity index (χ2v) is 6.49. The van der Waals surface area contributed by atoms with Crippen molar-refractivity contribution in [1.82, 2.24) is 9.97 Å². The highest BCUT2D eigenvalue weighted by Gasteiger charge is 2.19. The standard InChI is InChI=1S/C19H22N4O/c1-13-6-5-8-16(10-13)22-19-21-14(2)11-18(23-19)24-17-9-4-3-7-15(17)12-20/h3-4,7,9,11,13,16H,5-6,8,10H2,1-2H3,(H,21,22,23). The zero-order chi connectivity index (χ0) is 16.9. The molecule has 3 rings (SSSR count). The van der Waals surface area contributed by atoms with Crippen LogP contribution < -0.4 is 10.1 Å². The molecule has 0 amide bonds. The molecule has 0 bridgehead atoms. The topological polar surface area (TPSA) is 70.8 Å². The van der Waals surface area contributed by atoms with Crippen molar-refractivity contribution in [3.63, 3.8) is 0 Å². The summed E-state index contributed by atoms with van der Waals surface area (Å²) in [6.45, 7) is 4.21. The molecule has 2 unspecified atom stereocenters. The Kier molecular flexibility index (Phi) is 4.95. The smallest absolute Gasteiger partial charge is 0.226 e. The van der Waals surface area contributed by atoms with Crippen LogP contribution in [0.4, 0.5) is 5.95 Å². The van der Waals surface area contributed by atoms with Crippen LogP contribution in [0.1, 0.15) is 43.9 Å². The largest absolute Gasteiger partial charge is 0.437 e. The van der Waals surface area contributed by atoms with Crippen molar-refractivity contribution in [3.8, 4) is 17.7 Å². The maximum atomic E-state index is 9.17. The SMILES string of the molecule is Cc1cc(Oc2ccccc2C#N)nc(NC2CCCC(C)C2)n1. The summed E-state index contributed by atoms with van der Waals surface area (Å²) in [5, 5.41) is 12.6. The first-order valence-electron chi connectivity index (χ1n) is 8.43. The van der Waals surface area contributed by atoms with E-state index >= 15 is 0 Å². The Morgan fingerprint density at radius 1 is 1.25 bits per heavy atom. The number of rotatable bonds is 4. The molecule has 1 N–H and O–H groups in total. The molecule has 124 valence electrons. The Morgan fingerprint density at radius 3 is 2.88 bits per heavy atom. The van der Waals surface area contributed by atoms with Crippen molar-refractivity contribution in [2.75, 3.05) is 5.32 Å². The second-order valence-electron chi connectivity index (χ2n) is 6.49. The Bertz CT molecular complexity index is 753. The first kappa shape index (κ1) is 16.3. The molecule has 1 fully saturated rings. The van der Waals surface area contributed by atoms with Crippen LogP contribution in [0, 0.1) is 24.2 Å². The number of hydrogen-bond donors (Lipinski definition) is 1. The van der Waals surface area contributed by atoms with Crippen molar-refractivity contribution >= 4 is 5.95 Å². The Labute approximate surface area is 142 Å². The van der Waals surface area contributed by atoms with Crippen LogP contribution in [0.2, 0.25) is 0 Å². The van der Waals surface area contributed by atoms with Crippen LogP contribution in [0.25, 0.3) is 0 Å². The van der Waals surface area contributed by atoms with Gasteiger partial charge in [0.25, 0.3) is 0 Å². The first-order chi connectivity index (χ1) is 11.6. The Morgan fingerprint density at radius 2 is 2.08 bits per heavy atom. The number of nitrogens with zero attached hydrogens (tertiary/aromatic N) is 3. The fourth-order valence-corrected chi connectivity index (χ4v) is 3.16. The van der Waals surface area contributed by atoms with Crippen molar-refractivity contribution in [3.05, 3.63) is 41.6 Å². The third-order valence-electron chi connectivity index (χ3n) is 4.32. The fourth-order valence-electron chi connectivity index (χ4n) is 3.16. The van der Waals surface area contributed by atoms with Gasteiger partial charge >= 0.3 is 0 Å². The average Bonchev–Trinajstić information content (AvgIpc) is 2.55. The van der Waals surface area contributed by atoms with Crippen molar-refractivity contribution in [2.45, 2.75) is 45.6 Å². The van der Waals surface area contributed by atoms with E-state index in [9.17, 15) is 5.26 Å². The number of hydrogen-bond acceptors (Lipinski definition) is 5. The van der Waals surface area contributed by atoms with Crippen LogP contribution >= 0.6 is 0 Å². The number of ether oxygens (including phenoxy) is 1. The zero-order valence-electron chi connectivity index (χ0n) is 14.1. The Hall–Kier alpha value is -2.61. The minimum atomic E-state index is 0.412. The fraction of sp³-hybridized carbons (Fsp3) is 0.421. The molecule has 0 saturated heterocycles. The summed E-state index contributed by atoms with van der Waals surface area (Å²) in [6.07, 6.45) is 4.83. The number of anilines is 1. The molecule has 1 heterocycles. The molecular weight excluding hydrogens is 300 g/mol. The van der Waals surface area contributed by atoms with Gasteiger partial charge in [0.2, 0.25) is 11.8 Å². The van der Waals surface area contributed by atoms with E-state index in [0.717, 1.165) is 24.5 Å². The van der Waals surface area contributed by atoms with Gasteiger partial charge in [-0.25, -0.2) is 4.98 Å². The number of nitriles is 1. The highest BCUT2D eigenvalue weighted by molar-refractivity contribution is 5.45. The van der Waals surface area contributed by atoms with Gasteiger partial charge in [-0.3, -0.25) is 0 Å². The van der Waals surface area contributed by atoms with Gasteiger partial charge in [-0.1, -0.05) is 31.9 Å². The van der Waals surface area contributed by atoms with Crippen LogP contribution in [0.3, 0.4) is 0 Å². The lowest BCUT2D eigenvalue weighted by atomic mass is 9.87. The van der Waals surface area contributed by atoms with Gasteiger partial charge in [0, 0.05) is 17.8 Å². The third kappa shape index (κ3) is 4.02. The summed E-state index contributed by atoms with van der Waals surface area (Å²) in [4.78, 5) is 8.94. The molecular formula is C19H22N4O. The number of aromatic nitrogens is 2. The minimum absolute atomic E-state index is 0.412. The highest BCUT2D eigenvalue weighted by Crippen LogP contribution is 2.27. The summed E-state index contributed by atoms with van der Waals surface area (Å²) in [5.74, 6) is 2.30. The van der Waals surface area contributed by atoms with Gasteiger partial charge in [0.05, 0.1) is 5.56 Å². The predicted octanol–water partition coefficient (Wildman–Crippen LogP) is 4.44. The minimum Gasteiger partial charge on any atom is -0.437 e. The van der Waals surface area contributed by atoms with Crippen LogP contribution in [0.15, 0.2) is 30.3 Å². The van der Waals surface area contributed by atoms with Crippen LogP contribution in [-0.4, -0.2) is 16.0 Å². The molecule has 5 heteroatoms. The molecule has 5 nitrogen and oxygen atoms in total. The molecule has 1 saturated carbocycles. The summed E-state index contributed by atoms with van der Waals surface area (Å²) in [6, 6.07) is 11.5. The van der Waals surface area contributed by atoms with Crippen LogP contribution in [0.5, 0.6) is 11.6 Å². The monoisotopic (exact) mass is 322 g/mol. The van der Waals surface area contributed by atoms with E-state index in [-0.39, 0.29) is 0 Å². The molecule has 2 atom stereocenters. The van der Waals surface area contributed by atoms with Gasteiger partial charge in [0.1, 0.15) is 11.8 Å². The third-order valence-corrected chi connectivity index (χ3v) is 4.32. The predicted molar refractivity (Wildman–Crippen MR) is 93.0 cm³/mol. The van der Waals surface area contributed by atoms with E-state index in [1.807, 2.05) is 19.1 Å². The molecule has 1 aliphatic carbocycles. The quantitative estimate of drug-likeness (QED) is 0.901. The maximum Gasteiger partial charge on any atom is 0.226 e. The lowest BCUT2D eigenvalue weighted by Gasteiger charge is -2.27. The van der Waals surface area contributed by atoms with Crippen molar-refractivity contribution < 1.29 is 4.74 Å². The molecule has 2 aromatic rings. The van der Waals surface area contributed by atoms with Gasteiger partial charge < -0.3 is 10.1 Å². The average molecular weight is 322 g/mol. The number of para-hydroxylation sites is 1. The van der Waals surface area contributed by atoms with E-state index < -0.39 is 0 Å². The zero-order valence-corrected chi connectivity index (χ0v) is 14.1. The molecule has 0 aliphatic heterocycles. The highest BCUT2D eigenvalue weighted by atomic mass is 16.5. The molecule has 24 heavy (non-hydrogen) atoms. The van der Waals surface area contributed by atoms with Gasteiger partial charge in [-0.2, -0.15) is 10.2 Å². The summed E-state index contributed by atoms with van der Waals surface area (Å²) in [5.41, 5.74) is 1.32. The number of benzene rings is 1. The van der Waals surface area contributed by atoms with Gasteiger partial charge in [-0.05, 0) is 37.8 Å².